The number of ether oxygens (including phenoxy) is 1. The van der Waals surface area contributed by atoms with Crippen LogP contribution in [0.5, 0.6) is 0 Å². The Morgan fingerprint density at radius 2 is 1.72 bits per heavy atom. The molecule has 3 heteroatoms. The van der Waals surface area contributed by atoms with E-state index in [1.807, 2.05) is 0 Å². The van der Waals surface area contributed by atoms with Gasteiger partial charge in [0.2, 0.25) is 0 Å². The molecule has 0 aromatic rings. The summed E-state index contributed by atoms with van der Waals surface area (Å²) >= 11 is 0. The first kappa shape index (κ1) is 11.8. The van der Waals surface area contributed by atoms with E-state index < -0.39 is 5.97 Å². The van der Waals surface area contributed by atoms with Gasteiger partial charge in [0.15, 0.2) is 0 Å². The SMILES string of the molecule is C=C(C#N)C(=O)OCC12CC3CC(CC(C3)C1)C2. The summed E-state index contributed by atoms with van der Waals surface area (Å²) in [6.07, 6.45) is 7.80. The van der Waals surface area contributed by atoms with Gasteiger partial charge in [0, 0.05) is 5.41 Å². The standard InChI is InChI=1S/C15H19NO2/c1-10(8-16)14(17)18-9-15-5-11-2-12(6-15)4-13(3-11)7-15/h11-13H,1-7,9H2. The molecule has 0 aromatic carbocycles. The Kier molecular flexibility index (Phi) is 2.69. The highest BCUT2D eigenvalue weighted by Crippen LogP contribution is 2.60. The van der Waals surface area contributed by atoms with Gasteiger partial charge in [0.05, 0.1) is 6.61 Å². The molecule has 0 saturated heterocycles. The van der Waals surface area contributed by atoms with Crippen LogP contribution in [-0.2, 0) is 9.53 Å². The van der Waals surface area contributed by atoms with E-state index in [0.29, 0.717) is 6.61 Å². The van der Waals surface area contributed by atoms with Gasteiger partial charge < -0.3 is 4.74 Å². The molecule has 0 unspecified atom stereocenters. The molecule has 0 atom stereocenters. The molecule has 4 bridgehead atoms. The Labute approximate surface area is 108 Å². The average Bonchev–Trinajstić information content (AvgIpc) is 2.33. The summed E-state index contributed by atoms with van der Waals surface area (Å²) in [6.45, 7) is 3.90. The number of hydrogen-bond donors (Lipinski definition) is 0. The van der Waals surface area contributed by atoms with Gasteiger partial charge in [-0.3, -0.25) is 0 Å². The summed E-state index contributed by atoms with van der Waals surface area (Å²) in [7, 11) is 0. The van der Waals surface area contributed by atoms with Crippen molar-refractivity contribution >= 4 is 5.97 Å². The van der Waals surface area contributed by atoms with E-state index in [9.17, 15) is 4.79 Å². The van der Waals surface area contributed by atoms with Gasteiger partial charge in [0.1, 0.15) is 11.6 Å². The molecular formula is C15H19NO2. The van der Waals surface area contributed by atoms with Crippen LogP contribution in [0.25, 0.3) is 0 Å². The Hall–Kier alpha value is -1.30. The molecule has 4 aliphatic carbocycles. The topological polar surface area (TPSA) is 50.1 Å². The highest BCUT2D eigenvalue weighted by Gasteiger charge is 2.51. The van der Waals surface area contributed by atoms with Crippen LogP contribution in [0, 0.1) is 34.5 Å². The molecule has 4 rings (SSSR count). The summed E-state index contributed by atoms with van der Waals surface area (Å²) in [5.41, 5.74) is 0.139. The van der Waals surface area contributed by atoms with Gasteiger partial charge in [-0.2, -0.15) is 5.26 Å². The van der Waals surface area contributed by atoms with Crippen molar-refractivity contribution in [2.75, 3.05) is 6.61 Å². The molecule has 0 heterocycles. The van der Waals surface area contributed by atoms with Crippen LogP contribution in [0.15, 0.2) is 12.2 Å². The second-order valence-electron chi connectivity index (χ2n) is 6.58. The van der Waals surface area contributed by atoms with E-state index in [4.69, 9.17) is 10.00 Å². The van der Waals surface area contributed by atoms with Crippen molar-refractivity contribution in [3.8, 4) is 6.07 Å². The maximum absolute atomic E-state index is 11.5. The molecule has 0 amide bonds. The van der Waals surface area contributed by atoms with E-state index in [1.165, 1.54) is 38.5 Å². The van der Waals surface area contributed by atoms with E-state index in [0.717, 1.165) is 17.8 Å². The van der Waals surface area contributed by atoms with E-state index >= 15 is 0 Å². The summed E-state index contributed by atoms with van der Waals surface area (Å²) < 4.78 is 5.32. The van der Waals surface area contributed by atoms with E-state index in [2.05, 4.69) is 6.58 Å². The zero-order valence-electron chi connectivity index (χ0n) is 10.7. The lowest BCUT2D eigenvalue weighted by molar-refractivity contribution is -0.150. The smallest absolute Gasteiger partial charge is 0.348 e. The van der Waals surface area contributed by atoms with Gasteiger partial charge in [-0.05, 0) is 56.3 Å². The fourth-order valence-electron chi connectivity index (χ4n) is 4.82. The predicted molar refractivity (Wildman–Crippen MR) is 66.3 cm³/mol. The van der Waals surface area contributed by atoms with Gasteiger partial charge in [-0.15, -0.1) is 0 Å². The Morgan fingerprint density at radius 1 is 1.22 bits per heavy atom. The minimum Gasteiger partial charge on any atom is -0.461 e. The third-order valence-electron chi connectivity index (χ3n) is 5.06. The summed E-state index contributed by atoms with van der Waals surface area (Å²) in [5.74, 6) is 2.03. The van der Waals surface area contributed by atoms with Crippen molar-refractivity contribution in [3.63, 3.8) is 0 Å². The summed E-state index contributed by atoms with van der Waals surface area (Å²) in [5, 5.41) is 8.62. The monoisotopic (exact) mass is 245 g/mol. The van der Waals surface area contributed by atoms with Gasteiger partial charge in [-0.1, -0.05) is 6.58 Å². The maximum atomic E-state index is 11.5. The molecule has 0 aliphatic heterocycles. The molecule has 0 aromatic heterocycles. The van der Waals surface area contributed by atoms with Crippen LogP contribution < -0.4 is 0 Å². The van der Waals surface area contributed by atoms with Crippen molar-refractivity contribution < 1.29 is 9.53 Å². The van der Waals surface area contributed by atoms with Crippen LogP contribution in [-0.4, -0.2) is 12.6 Å². The van der Waals surface area contributed by atoms with Crippen molar-refractivity contribution in [2.24, 2.45) is 23.2 Å². The largest absolute Gasteiger partial charge is 0.461 e. The molecular weight excluding hydrogens is 226 g/mol. The summed E-state index contributed by atoms with van der Waals surface area (Å²) in [4.78, 5) is 11.5. The van der Waals surface area contributed by atoms with Crippen LogP contribution >= 0.6 is 0 Å². The van der Waals surface area contributed by atoms with E-state index in [1.54, 1.807) is 6.07 Å². The molecule has 0 spiro atoms. The van der Waals surface area contributed by atoms with Crippen molar-refractivity contribution in [1.29, 1.82) is 5.26 Å². The van der Waals surface area contributed by atoms with E-state index in [-0.39, 0.29) is 11.0 Å². The summed E-state index contributed by atoms with van der Waals surface area (Å²) in [6, 6.07) is 1.75. The Balaban J connectivity index is 1.64. The van der Waals surface area contributed by atoms with Gasteiger partial charge >= 0.3 is 5.97 Å². The van der Waals surface area contributed by atoms with Crippen molar-refractivity contribution in [2.45, 2.75) is 38.5 Å². The fourth-order valence-corrected chi connectivity index (χ4v) is 4.82. The highest BCUT2D eigenvalue weighted by molar-refractivity contribution is 5.91. The number of hydrogen-bond acceptors (Lipinski definition) is 3. The molecule has 18 heavy (non-hydrogen) atoms. The minimum atomic E-state index is -0.534. The predicted octanol–water partition coefficient (Wildman–Crippen LogP) is 2.83. The number of carbonyl (C=O) groups excluding carboxylic acids is 1. The maximum Gasteiger partial charge on any atom is 0.348 e. The second-order valence-corrected chi connectivity index (χ2v) is 6.58. The quantitative estimate of drug-likeness (QED) is 0.436. The highest BCUT2D eigenvalue weighted by atomic mass is 16.5. The number of esters is 1. The second kappa shape index (κ2) is 4.12. The van der Waals surface area contributed by atoms with Crippen LogP contribution in [0.4, 0.5) is 0 Å². The number of carbonyl (C=O) groups is 1. The fraction of sp³-hybridized carbons (Fsp3) is 0.733. The molecule has 96 valence electrons. The first-order valence-electron chi connectivity index (χ1n) is 6.86. The lowest BCUT2D eigenvalue weighted by Crippen LogP contribution is -2.48. The molecule has 4 fully saturated rings. The number of nitriles is 1. The van der Waals surface area contributed by atoms with Gasteiger partial charge in [-0.25, -0.2) is 4.79 Å². The third kappa shape index (κ3) is 1.94. The van der Waals surface area contributed by atoms with Crippen molar-refractivity contribution in [3.05, 3.63) is 12.2 Å². The zero-order valence-corrected chi connectivity index (χ0v) is 10.7. The molecule has 4 aliphatic rings. The zero-order chi connectivity index (χ0) is 12.8. The van der Waals surface area contributed by atoms with Crippen LogP contribution in [0.3, 0.4) is 0 Å². The molecule has 0 radical (unpaired) electrons. The van der Waals surface area contributed by atoms with Crippen molar-refractivity contribution in [1.82, 2.24) is 0 Å². The average molecular weight is 245 g/mol. The normalized spacial score (nSPS) is 40.3. The van der Waals surface area contributed by atoms with Crippen LogP contribution in [0.2, 0.25) is 0 Å². The Bertz CT molecular complexity index is 397. The number of nitrogens with zero attached hydrogens (tertiary/aromatic N) is 1. The van der Waals surface area contributed by atoms with Crippen LogP contribution in [0.1, 0.15) is 38.5 Å². The third-order valence-corrected chi connectivity index (χ3v) is 5.06. The lowest BCUT2D eigenvalue weighted by atomic mass is 9.50. The first-order valence-corrected chi connectivity index (χ1v) is 6.86. The Morgan fingerprint density at radius 3 is 2.17 bits per heavy atom. The first-order chi connectivity index (χ1) is 8.60. The van der Waals surface area contributed by atoms with Gasteiger partial charge in [0.25, 0.3) is 0 Å². The molecule has 0 N–H and O–H groups in total. The molecule has 4 saturated carbocycles. The molecule has 3 nitrogen and oxygen atoms in total. The number of rotatable bonds is 3. The minimum absolute atomic E-state index is 0.0836. The lowest BCUT2D eigenvalue weighted by Gasteiger charge is -2.56.